The molecular weight excluding hydrogens is 265 g/mol. The Bertz CT molecular complexity index is 548. The van der Waals surface area contributed by atoms with Gasteiger partial charge < -0.3 is 0 Å². The van der Waals surface area contributed by atoms with Crippen molar-refractivity contribution in [2.24, 2.45) is 0 Å². The fraction of sp³-hybridized carbons (Fsp3) is 0. The van der Waals surface area contributed by atoms with Gasteiger partial charge in [0.2, 0.25) is 0 Å². The third-order valence-electron chi connectivity index (χ3n) is 2.78. The second kappa shape index (κ2) is 9.97. The molecule has 0 N–H and O–H groups in total. The van der Waals surface area contributed by atoms with Crippen molar-refractivity contribution in [2.45, 2.75) is 0 Å². The van der Waals surface area contributed by atoms with Gasteiger partial charge >= 0.3 is 23.1 Å². The summed E-state index contributed by atoms with van der Waals surface area (Å²) in [6.45, 7) is 6.03. The Morgan fingerprint density at radius 1 is 0.619 bits per heavy atom. The van der Waals surface area contributed by atoms with Crippen molar-refractivity contribution < 1.29 is 0 Å². The molecule has 0 spiro atoms. The molecule has 0 aromatic heterocycles. The van der Waals surface area contributed by atoms with Crippen LogP contribution in [0.25, 0.3) is 5.57 Å². The van der Waals surface area contributed by atoms with Crippen molar-refractivity contribution in [3.63, 3.8) is 0 Å². The van der Waals surface area contributed by atoms with Gasteiger partial charge in [0.25, 0.3) is 0 Å². The van der Waals surface area contributed by atoms with Crippen LogP contribution in [0.2, 0.25) is 0 Å². The van der Waals surface area contributed by atoms with Crippen LogP contribution in [0.3, 0.4) is 0 Å². The van der Waals surface area contributed by atoms with Crippen LogP contribution >= 0.6 is 0 Å². The molecule has 0 aliphatic rings. The molecule has 0 unspecified atom stereocenters. The van der Waals surface area contributed by atoms with Crippen molar-refractivity contribution >= 4 is 28.6 Å². The molecule has 0 nitrogen and oxygen atoms in total. The van der Waals surface area contributed by atoms with Crippen LogP contribution < -0.4 is 0 Å². The predicted molar refractivity (Wildman–Crippen MR) is 90.7 cm³/mol. The van der Waals surface area contributed by atoms with E-state index in [1.54, 1.807) is 0 Å². The Morgan fingerprint density at radius 2 is 1.00 bits per heavy atom. The van der Waals surface area contributed by atoms with Crippen LogP contribution in [0.4, 0.5) is 0 Å². The molecule has 0 heterocycles. The molecule has 0 aliphatic carbocycles. The van der Waals surface area contributed by atoms with Crippen LogP contribution in [0.5, 0.6) is 0 Å². The normalized spacial score (nSPS) is 8.76. The van der Waals surface area contributed by atoms with Crippen molar-refractivity contribution in [2.75, 3.05) is 0 Å². The summed E-state index contributed by atoms with van der Waals surface area (Å²) in [5.41, 5.74) is 2.96. The monoisotopic (exact) mass is 280 g/mol. The maximum Gasteiger partial charge on any atom is 2.00 e. The summed E-state index contributed by atoms with van der Waals surface area (Å²) in [6.07, 6.45) is 0. The van der Waals surface area contributed by atoms with Crippen LogP contribution in [0.1, 0.15) is 11.1 Å². The van der Waals surface area contributed by atoms with Gasteiger partial charge in [-0.1, -0.05) is 36.4 Å². The first kappa shape index (κ1) is 17.2. The number of benzene rings is 3. The third kappa shape index (κ3) is 5.98. The summed E-state index contributed by atoms with van der Waals surface area (Å²) in [4.78, 5) is 0. The maximum absolute atomic E-state index is 6.03. The fourth-order valence-electron chi connectivity index (χ4n) is 1.74. The number of hydrogen-bond acceptors (Lipinski definition) is 0. The maximum atomic E-state index is 6.03. The molecule has 98 valence electrons. The van der Waals surface area contributed by atoms with Gasteiger partial charge in [-0.15, -0.1) is 35.4 Å². The van der Waals surface area contributed by atoms with Gasteiger partial charge in [0, 0.05) is 0 Å². The summed E-state index contributed by atoms with van der Waals surface area (Å²) in [7, 11) is 0. The summed E-state index contributed by atoms with van der Waals surface area (Å²) in [5, 5.41) is 0. The largest absolute Gasteiger partial charge is 2.00 e. The fourth-order valence-corrected chi connectivity index (χ4v) is 1.74. The molecule has 0 aliphatic heterocycles. The quantitative estimate of drug-likeness (QED) is 0.473. The van der Waals surface area contributed by atoms with Crippen molar-refractivity contribution in [3.8, 4) is 0 Å². The molecular formula is C20H16Mg. The third-order valence-corrected chi connectivity index (χ3v) is 2.78. The average molecular weight is 281 g/mol. The van der Waals surface area contributed by atoms with E-state index in [0.717, 1.165) is 16.7 Å². The van der Waals surface area contributed by atoms with E-state index >= 15 is 0 Å². The summed E-state index contributed by atoms with van der Waals surface area (Å²) in [5.74, 6) is 0. The number of rotatable bonds is 2. The zero-order valence-corrected chi connectivity index (χ0v) is 13.4. The molecule has 0 atom stereocenters. The smallest absolute Gasteiger partial charge is 0.218 e. The Morgan fingerprint density at radius 3 is 1.29 bits per heavy atom. The van der Waals surface area contributed by atoms with Crippen LogP contribution in [0, 0.1) is 12.6 Å². The van der Waals surface area contributed by atoms with E-state index in [1.807, 2.05) is 91.0 Å². The first-order valence-electron chi connectivity index (χ1n) is 6.52. The number of hydrogen-bond donors (Lipinski definition) is 0. The first-order valence-corrected chi connectivity index (χ1v) is 6.52. The zero-order valence-electron chi connectivity index (χ0n) is 11.9. The second-order valence-electron chi connectivity index (χ2n) is 4.22. The standard InChI is InChI=1S/C14H11.C6H5.Mg/c1-12(13-8-4-2-5-9-13)14-10-6-3-7-11-14;1-2-4-6-5-3-1;/h1-11H;1-5H;/q2*-1;+2. The molecule has 3 aromatic rings. The molecule has 3 aromatic carbocycles. The van der Waals surface area contributed by atoms with Gasteiger partial charge in [-0.2, -0.15) is 42.0 Å². The summed E-state index contributed by atoms with van der Waals surface area (Å²) < 4.78 is 0. The molecule has 1 heteroatoms. The summed E-state index contributed by atoms with van der Waals surface area (Å²) in [6, 6.07) is 32.5. The first-order chi connectivity index (χ1) is 9.88. The minimum absolute atomic E-state index is 0. The molecule has 0 radical (unpaired) electrons. The van der Waals surface area contributed by atoms with Crippen molar-refractivity contribution in [1.82, 2.24) is 0 Å². The van der Waals surface area contributed by atoms with Gasteiger partial charge in [0.15, 0.2) is 0 Å². The molecule has 0 amide bonds. The Balaban J connectivity index is 0.000000267. The Hall–Kier alpha value is -1.83. The molecule has 0 saturated carbocycles. The van der Waals surface area contributed by atoms with Crippen LogP contribution in [0.15, 0.2) is 91.0 Å². The summed E-state index contributed by atoms with van der Waals surface area (Å²) >= 11 is 0. The van der Waals surface area contributed by atoms with E-state index in [0.29, 0.717) is 0 Å². The van der Waals surface area contributed by atoms with E-state index < -0.39 is 0 Å². The Kier molecular flexibility index (Phi) is 8.18. The van der Waals surface area contributed by atoms with Crippen molar-refractivity contribution in [1.29, 1.82) is 0 Å². The topological polar surface area (TPSA) is 0 Å². The van der Waals surface area contributed by atoms with Crippen LogP contribution in [-0.2, 0) is 0 Å². The molecule has 3 rings (SSSR count). The minimum atomic E-state index is 0. The van der Waals surface area contributed by atoms with Crippen LogP contribution in [-0.4, -0.2) is 23.1 Å². The molecule has 0 bridgehead atoms. The minimum Gasteiger partial charge on any atom is -0.218 e. The van der Waals surface area contributed by atoms with E-state index in [-0.39, 0.29) is 23.1 Å². The van der Waals surface area contributed by atoms with Gasteiger partial charge in [0.05, 0.1) is 0 Å². The van der Waals surface area contributed by atoms with Gasteiger partial charge in [-0.3, -0.25) is 0 Å². The predicted octanol–water partition coefficient (Wildman–Crippen LogP) is 4.66. The van der Waals surface area contributed by atoms with Gasteiger partial charge in [0.1, 0.15) is 0 Å². The van der Waals surface area contributed by atoms with E-state index in [9.17, 15) is 0 Å². The van der Waals surface area contributed by atoms with E-state index in [1.165, 1.54) is 0 Å². The van der Waals surface area contributed by atoms with Gasteiger partial charge in [-0.05, 0) is 0 Å². The Labute approximate surface area is 143 Å². The van der Waals surface area contributed by atoms with Gasteiger partial charge in [-0.25, -0.2) is 6.58 Å². The van der Waals surface area contributed by atoms with Crippen molar-refractivity contribution in [3.05, 3.63) is 115 Å². The van der Waals surface area contributed by atoms with E-state index in [4.69, 9.17) is 6.58 Å². The van der Waals surface area contributed by atoms with E-state index in [2.05, 4.69) is 6.07 Å². The molecule has 0 fully saturated rings. The SMILES string of the molecule is [CH-]=C(c1ccccc1)c1ccccc1.[Mg+2].[c-]1ccccc1. The molecule has 21 heavy (non-hydrogen) atoms. The zero-order chi connectivity index (χ0) is 14.0. The second-order valence-corrected chi connectivity index (χ2v) is 4.22. The average Bonchev–Trinajstić information content (AvgIpc) is 2.58. The molecule has 0 saturated heterocycles.